The van der Waals surface area contributed by atoms with Crippen LogP contribution < -0.4 is 0 Å². The van der Waals surface area contributed by atoms with Gasteiger partial charge in [-0.05, 0) is 19.8 Å². The van der Waals surface area contributed by atoms with Gasteiger partial charge in [-0.25, -0.2) is 0 Å². The molecule has 6 atom stereocenters. The van der Waals surface area contributed by atoms with Crippen LogP contribution in [0.1, 0.15) is 33.1 Å². The Morgan fingerprint density at radius 3 is 2.80 bits per heavy atom. The molecule has 5 heteroatoms. The first-order valence-corrected chi connectivity index (χ1v) is 7.33. The third kappa shape index (κ3) is 1.15. The normalized spacial score (nSPS) is 61.0. The van der Waals surface area contributed by atoms with E-state index >= 15 is 0 Å². The van der Waals surface area contributed by atoms with Crippen molar-refractivity contribution in [1.29, 1.82) is 0 Å². The molecule has 20 heavy (non-hydrogen) atoms. The maximum Gasteiger partial charge on any atom is 0.195 e. The highest BCUT2D eigenvalue weighted by Crippen LogP contribution is 2.69. The van der Waals surface area contributed by atoms with Crippen molar-refractivity contribution in [2.45, 2.75) is 56.7 Å². The van der Waals surface area contributed by atoms with Gasteiger partial charge in [0.25, 0.3) is 0 Å². The number of aliphatic hydroxyl groups excluding tert-OH is 1. The van der Waals surface area contributed by atoms with Crippen molar-refractivity contribution in [1.82, 2.24) is 0 Å². The summed E-state index contributed by atoms with van der Waals surface area (Å²) in [5.41, 5.74) is -1.14. The van der Waals surface area contributed by atoms with Gasteiger partial charge in [0.15, 0.2) is 5.79 Å². The first-order chi connectivity index (χ1) is 9.28. The van der Waals surface area contributed by atoms with Gasteiger partial charge >= 0.3 is 0 Å². The van der Waals surface area contributed by atoms with E-state index in [1.807, 2.05) is 6.92 Å². The number of fused-ring (bicyclic) bond motifs is 1. The van der Waals surface area contributed by atoms with E-state index in [0.717, 1.165) is 12.8 Å². The van der Waals surface area contributed by atoms with Gasteiger partial charge in [0.1, 0.15) is 11.7 Å². The van der Waals surface area contributed by atoms with Gasteiger partial charge in [-0.1, -0.05) is 18.6 Å². The van der Waals surface area contributed by atoms with E-state index in [2.05, 4.69) is 13.0 Å². The molecular formula is C15H22O5. The van der Waals surface area contributed by atoms with Gasteiger partial charge in [0.2, 0.25) is 0 Å². The highest BCUT2D eigenvalue weighted by Gasteiger charge is 2.80. The second kappa shape index (κ2) is 3.47. The summed E-state index contributed by atoms with van der Waals surface area (Å²) < 4.78 is 11.5. The Morgan fingerprint density at radius 1 is 1.30 bits per heavy atom. The van der Waals surface area contributed by atoms with E-state index in [1.54, 1.807) is 0 Å². The van der Waals surface area contributed by atoms with Crippen LogP contribution in [0.25, 0.3) is 0 Å². The predicted molar refractivity (Wildman–Crippen MR) is 69.7 cm³/mol. The van der Waals surface area contributed by atoms with Crippen LogP contribution in [0.5, 0.6) is 0 Å². The molecule has 112 valence electrons. The quantitative estimate of drug-likeness (QED) is 0.558. The molecule has 2 saturated heterocycles. The zero-order valence-corrected chi connectivity index (χ0v) is 11.9. The van der Waals surface area contributed by atoms with Gasteiger partial charge in [0.05, 0.1) is 19.3 Å². The Morgan fingerprint density at radius 2 is 2.05 bits per heavy atom. The number of hydrogen-bond acceptors (Lipinski definition) is 5. The van der Waals surface area contributed by atoms with E-state index in [4.69, 9.17) is 9.47 Å². The van der Waals surface area contributed by atoms with Crippen molar-refractivity contribution in [2.75, 3.05) is 13.2 Å². The minimum atomic E-state index is -1.65. The van der Waals surface area contributed by atoms with E-state index < -0.39 is 22.9 Å². The van der Waals surface area contributed by atoms with Crippen LogP contribution >= 0.6 is 0 Å². The fraction of sp³-hybridized carbons (Fsp3) is 0.867. The molecular weight excluding hydrogens is 260 g/mol. The molecule has 2 aliphatic heterocycles. The molecule has 3 N–H and O–H groups in total. The molecule has 4 rings (SSSR count). The van der Waals surface area contributed by atoms with Crippen molar-refractivity contribution >= 4 is 0 Å². The van der Waals surface area contributed by atoms with Crippen molar-refractivity contribution in [3.05, 3.63) is 11.6 Å². The lowest BCUT2D eigenvalue weighted by atomic mass is 9.50. The molecule has 2 heterocycles. The van der Waals surface area contributed by atoms with Crippen molar-refractivity contribution in [3.63, 3.8) is 0 Å². The molecule has 6 unspecified atom stereocenters. The fourth-order valence-electron chi connectivity index (χ4n) is 5.05. The van der Waals surface area contributed by atoms with Gasteiger partial charge in [-0.15, -0.1) is 0 Å². The summed E-state index contributed by atoms with van der Waals surface area (Å²) in [5, 5.41) is 32.0. The molecule has 2 bridgehead atoms. The topological polar surface area (TPSA) is 79.2 Å². The Kier molecular flexibility index (Phi) is 2.29. The smallest absolute Gasteiger partial charge is 0.195 e. The summed E-state index contributed by atoms with van der Waals surface area (Å²) in [7, 11) is 0. The molecule has 0 radical (unpaired) electrons. The van der Waals surface area contributed by atoms with Crippen LogP contribution in [0.15, 0.2) is 11.6 Å². The van der Waals surface area contributed by atoms with Crippen LogP contribution in [-0.2, 0) is 9.47 Å². The average molecular weight is 282 g/mol. The monoisotopic (exact) mass is 282 g/mol. The Hall–Kier alpha value is -0.460. The van der Waals surface area contributed by atoms with Crippen LogP contribution in [0, 0.1) is 10.8 Å². The average Bonchev–Trinajstić information content (AvgIpc) is 2.55. The molecule has 1 spiro atoms. The van der Waals surface area contributed by atoms with Crippen molar-refractivity contribution < 1.29 is 24.8 Å². The Bertz CT molecular complexity index is 504. The third-order valence-electron chi connectivity index (χ3n) is 6.55. The Labute approximate surface area is 118 Å². The molecule has 4 aliphatic rings. The van der Waals surface area contributed by atoms with Crippen molar-refractivity contribution in [3.8, 4) is 0 Å². The third-order valence-corrected chi connectivity index (χ3v) is 6.55. The summed E-state index contributed by atoms with van der Waals surface area (Å²) >= 11 is 0. The number of hydrogen-bond donors (Lipinski definition) is 3. The summed E-state index contributed by atoms with van der Waals surface area (Å²) in [5.74, 6) is -1.65. The zero-order valence-electron chi connectivity index (χ0n) is 11.9. The predicted octanol–water partition coefficient (Wildman–Crippen LogP) is 0.332. The maximum absolute atomic E-state index is 11.0. The standard InChI is InChI=1S/C15H22O5/c1-9-3-4-13-7-20-15(18)6-12(13,2)14(17,11(15)16)8-19-10(13)5-9/h5,10-11,16-18H,3-4,6-8H2,1-2H3. The molecule has 3 fully saturated rings. The fourth-order valence-corrected chi connectivity index (χ4v) is 5.05. The lowest BCUT2D eigenvalue weighted by Gasteiger charge is -2.61. The van der Waals surface area contributed by atoms with E-state index in [0.29, 0.717) is 6.61 Å². The summed E-state index contributed by atoms with van der Waals surface area (Å²) in [4.78, 5) is 0. The minimum absolute atomic E-state index is 0.0343. The minimum Gasteiger partial charge on any atom is -0.384 e. The van der Waals surface area contributed by atoms with E-state index in [9.17, 15) is 15.3 Å². The lowest BCUT2D eigenvalue weighted by molar-refractivity contribution is -0.303. The van der Waals surface area contributed by atoms with Crippen LogP contribution in [-0.4, -0.2) is 52.1 Å². The van der Waals surface area contributed by atoms with Crippen LogP contribution in [0.4, 0.5) is 0 Å². The molecule has 5 nitrogen and oxygen atoms in total. The van der Waals surface area contributed by atoms with Crippen LogP contribution in [0.3, 0.4) is 0 Å². The second-order valence-electron chi connectivity index (χ2n) is 7.37. The summed E-state index contributed by atoms with van der Waals surface area (Å²) in [6.45, 7) is 4.41. The first kappa shape index (κ1) is 13.2. The molecule has 0 aromatic rings. The number of ether oxygens (including phenoxy) is 2. The highest BCUT2D eigenvalue weighted by molar-refractivity contribution is 5.30. The largest absolute Gasteiger partial charge is 0.384 e. The van der Waals surface area contributed by atoms with Gasteiger partial charge in [-0.3, -0.25) is 0 Å². The maximum atomic E-state index is 11.0. The SMILES string of the molecule is CC1=CC2OCC3(O)C(O)C4(O)CC3(C)C2(CC1)CO4. The van der Waals surface area contributed by atoms with Gasteiger partial charge in [-0.2, -0.15) is 0 Å². The summed E-state index contributed by atoms with van der Waals surface area (Å²) in [6.07, 6.45) is 2.71. The van der Waals surface area contributed by atoms with Crippen LogP contribution in [0.2, 0.25) is 0 Å². The van der Waals surface area contributed by atoms with Crippen molar-refractivity contribution in [2.24, 2.45) is 10.8 Å². The van der Waals surface area contributed by atoms with Gasteiger partial charge in [0, 0.05) is 17.3 Å². The first-order valence-electron chi connectivity index (χ1n) is 7.33. The molecule has 2 aliphatic carbocycles. The van der Waals surface area contributed by atoms with E-state index in [-0.39, 0.29) is 24.5 Å². The van der Waals surface area contributed by atoms with E-state index in [1.165, 1.54) is 5.57 Å². The number of allylic oxidation sites excluding steroid dienone is 1. The molecule has 1 saturated carbocycles. The molecule has 0 aromatic carbocycles. The number of aliphatic hydroxyl groups is 3. The molecule has 0 amide bonds. The zero-order chi connectivity index (χ0) is 14.4. The van der Waals surface area contributed by atoms with Gasteiger partial charge < -0.3 is 24.8 Å². The molecule has 0 aromatic heterocycles. The second-order valence-corrected chi connectivity index (χ2v) is 7.37. The lowest BCUT2D eigenvalue weighted by Crippen LogP contribution is -2.68. The summed E-state index contributed by atoms with van der Waals surface area (Å²) in [6, 6.07) is 0. The Balaban J connectivity index is 1.90. The number of rotatable bonds is 0. The highest BCUT2D eigenvalue weighted by atomic mass is 16.6.